The molecule has 1 aliphatic heterocycles. The molecule has 1 aliphatic rings. The molecule has 3 N–H and O–H groups in total. The van der Waals surface area contributed by atoms with Gasteiger partial charge in [-0.2, -0.15) is 13.2 Å². The number of nitrogens with two attached hydrogens (primary N) is 1. The molecule has 0 aliphatic carbocycles. The molecule has 11 heteroatoms. The predicted molar refractivity (Wildman–Crippen MR) is 146 cm³/mol. The lowest BCUT2D eigenvalue weighted by Gasteiger charge is -2.26. The third kappa shape index (κ3) is 5.86. The van der Waals surface area contributed by atoms with Gasteiger partial charge in [-0.05, 0) is 42.0 Å². The van der Waals surface area contributed by atoms with Crippen molar-refractivity contribution < 1.29 is 32.5 Å². The highest BCUT2D eigenvalue weighted by Crippen LogP contribution is 2.43. The van der Waals surface area contributed by atoms with Gasteiger partial charge in [0.2, 0.25) is 12.0 Å². The Balaban J connectivity index is 1.50. The van der Waals surface area contributed by atoms with Crippen LogP contribution in [0.15, 0.2) is 60.2 Å². The number of carboxylic acid groups (broad SMARTS) is 1. The third-order valence-corrected chi connectivity index (χ3v) is 7.59. The normalized spacial score (nSPS) is 15.5. The fourth-order valence-corrected chi connectivity index (χ4v) is 5.58. The number of benzene rings is 2. The Labute approximate surface area is 232 Å². The minimum Gasteiger partial charge on any atom is -0.480 e. The number of thiophene rings is 1. The van der Waals surface area contributed by atoms with E-state index in [0.29, 0.717) is 39.9 Å². The van der Waals surface area contributed by atoms with Gasteiger partial charge >= 0.3 is 12.1 Å². The molecule has 0 spiro atoms. The second-order valence-corrected chi connectivity index (χ2v) is 10.4. The molecule has 7 nitrogen and oxygen atoms in total. The summed E-state index contributed by atoms with van der Waals surface area (Å²) in [5.41, 5.74) is 10.3. The van der Waals surface area contributed by atoms with E-state index in [2.05, 4.69) is 9.97 Å². The van der Waals surface area contributed by atoms with E-state index in [1.807, 2.05) is 13.0 Å². The fraction of sp³-hybridized carbons (Fsp3) is 0.276. The van der Waals surface area contributed by atoms with Crippen LogP contribution in [0.4, 0.5) is 13.2 Å². The molecule has 0 saturated heterocycles. The van der Waals surface area contributed by atoms with E-state index in [1.54, 1.807) is 41.8 Å². The molecule has 0 saturated carbocycles. The first-order valence-corrected chi connectivity index (χ1v) is 13.4. The largest absolute Gasteiger partial charge is 0.480 e. The first-order valence-electron chi connectivity index (χ1n) is 12.5. The Bertz CT molecular complexity index is 1570. The highest BCUT2D eigenvalue weighted by atomic mass is 32.1. The molecular formula is C29H26F3N3O4S. The smallest absolute Gasteiger partial charge is 0.429 e. The summed E-state index contributed by atoms with van der Waals surface area (Å²) < 4.78 is 55.2. The Morgan fingerprint density at radius 2 is 1.95 bits per heavy atom. The number of aliphatic carboxylic acids is 1. The SMILES string of the molecule is Cc1ccc([C@@H](Oc2ncnc3c(-c4ccc(CC(N)C(=O)O)cc4)csc23)C(F)(F)F)c(C2=CCCOC2)c1. The van der Waals surface area contributed by atoms with E-state index < -0.39 is 24.3 Å². The second-order valence-electron chi connectivity index (χ2n) is 9.55. The first-order chi connectivity index (χ1) is 19.1. The van der Waals surface area contributed by atoms with Crippen molar-refractivity contribution in [3.63, 3.8) is 0 Å². The topological polar surface area (TPSA) is 108 Å². The van der Waals surface area contributed by atoms with Crippen LogP contribution in [-0.2, 0) is 16.0 Å². The molecule has 2 aromatic carbocycles. The summed E-state index contributed by atoms with van der Waals surface area (Å²) in [7, 11) is 0. The van der Waals surface area contributed by atoms with Crippen LogP contribution in [-0.4, -0.2) is 46.5 Å². The number of fused-ring (bicyclic) bond motifs is 1. The van der Waals surface area contributed by atoms with Gasteiger partial charge in [0.15, 0.2) is 0 Å². The van der Waals surface area contributed by atoms with Crippen LogP contribution in [0.5, 0.6) is 5.88 Å². The summed E-state index contributed by atoms with van der Waals surface area (Å²) in [5, 5.41) is 10.8. The maximum absolute atomic E-state index is 14.5. The number of halogens is 3. The van der Waals surface area contributed by atoms with Gasteiger partial charge in [-0.25, -0.2) is 9.97 Å². The van der Waals surface area contributed by atoms with Gasteiger partial charge in [-0.3, -0.25) is 4.79 Å². The van der Waals surface area contributed by atoms with E-state index in [9.17, 15) is 18.0 Å². The lowest BCUT2D eigenvalue weighted by Crippen LogP contribution is -2.32. The van der Waals surface area contributed by atoms with Crippen LogP contribution in [0.25, 0.3) is 26.9 Å². The third-order valence-electron chi connectivity index (χ3n) is 6.63. The molecule has 3 heterocycles. The van der Waals surface area contributed by atoms with Crippen molar-refractivity contribution in [2.75, 3.05) is 13.2 Å². The van der Waals surface area contributed by atoms with E-state index >= 15 is 0 Å². The van der Waals surface area contributed by atoms with E-state index in [-0.39, 0.29) is 24.5 Å². The zero-order valence-electron chi connectivity index (χ0n) is 21.4. The van der Waals surface area contributed by atoms with Crippen LogP contribution >= 0.6 is 11.3 Å². The summed E-state index contributed by atoms with van der Waals surface area (Å²) in [6, 6.07) is 10.9. The Morgan fingerprint density at radius 1 is 1.18 bits per heavy atom. The van der Waals surface area contributed by atoms with Crippen molar-refractivity contribution in [3.05, 3.63) is 82.5 Å². The summed E-state index contributed by atoms with van der Waals surface area (Å²) in [6.07, 6.45) is -3.09. The molecule has 1 unspecified atom stereocenters. The number of carbonyl (C=O) groups is 1. The fourth-order valence-electron chi connectivity index (χ4n) is 4.62. The van der Waals surface area contributed by atoms with Gasteiger partial charge in [-0.1, -0.05) is 54.1 Å². The number of hydrogen-bond donors (Lipinski definition) is 2. The number of nitrogens with zero attached hydrogens (tertiary/aromatic N) is 2. The zero-order chi connectivity index (χ0) is 28.4. The minimum atomic E-state index is -4.72. The maximum Gasteiger partial charge on any atom is 0.429 e. The monoisotopic (exact) mass is 569 g/mol. The van der Waals surface area contributed by atoms with Gasteiger partial charge in [-0.15, -0.1) is 11.3 Å². The molecule has 0 amide bonds. The molecule has 2 atom stereocenters. The molecule has 4 aromatic rings. The van der Waals surface area contributed by atoms with Crippen LogP contribution in [0.1, 0.15) is 34.8 Å². The highest BCUT2D eigenvalue weighted by molar-refractivity contribution is 7.18. The van der Waals surface area contributed by atoms with Crippen molar-refractivity contribution in [1.82, 2.24) is 9.97 Å². The average molecular weight is 570 g/mol. The number of aryl methyl sites for hydroxylation is 1. The minimum absolute atomic E-state index is 0.00597. The molecule has 208 valence electrons. The molecule has 40 heavy (non-hydrogen) atoms. The van der Waals surface area contributed by atoms with Gasteiger partial charge in [0, 0.05) is 16.5 Å². The Kier molecular flexibility index (Phi) is 7.88. The number of hydrogen-bond acceptors (Lipinski definition) is 7. The lowest BCUT2D eigenvalue weighted by atomic mass is 9.93. The van der Waals surface area contributed by atoms with Crippen LogP contribution in [0.2, 0.25) is 0 Å². The molecule has 0 radical (unpaired) electrons. The molecule has 0 bridgehead atoms. The van der Waals surface area contributed by atoms with E-state index in [0.717, 1.165) is 16.7 Å². The number of alkyl halides is 3. The number of carboxylic acids is 1. The van der Waals surface area contributed by atoms with Crippen molar-refractivity contribution in [3.8, 4) is 17.0 Å². The van der Waals surface area contributed by atoms with Gasteiger partial charge < -0.3 is 20.3 Å². The number of aromatic nitrogens is 2. The first kappa shape index (κ1) is 27.8. The summed E-state index contributed by atoms with van der Waals surface area (Å²) in [5.74, 6) is -1.25. The van der Waals surface area contributed by atoms with Crippen molar-refractivity contribution in [2.45, 2.75) is 38.1 Å². The molecule has 2 aromatic heterocycles. The van der Waals surface area contributed by atoms with Crippen molar-refractivity contribution >= 4 is 33.1 Å². The summed E-state index contributed by atoms with van der Waals surface area (Å²) in [6.45, 7) is 2.59. The van der Waals surface area contributed by atoms with Gasteiger partial charge in [0.25, 0.3) is 0 Å². The molecule has 5 rings (SSSR count). The Hall–Kier alpha value is -3.80. The average Bonchev–Trinajstić information content (AvgIpc) is 3.37. The molecular weight excluding hydrogens is 543 g/mol. The van der Waals surface area contributed by atoms with Gasteiger partial charge in [0.05, 0.1) is 18.7 Å². The van der Waals surface area contributed by atoms with Crippen molar-refractivity contribution in [2.24, 2.45) is 5.73 Å². The van der Waals surface area contributed by atoms with Crippen molar-refractivity contribution in [1.29, 1.82) is 0 Å². The predicted octanol–water partition coefficient (Wildman–Crippen LogP) is 6.11. The van der Waals surface area contributed by atoms with E-state index in [4.69, 9.17) is 20.3 Å². The van der Waals surface area contributed by atoms with Crippen LogP contribution in [0.3, 0.4) is 0 Å². The molecule has 0 fully saturated rings. The summed E-state index contributed by atoms with van der Waals surface area (Å²) >= 11 is 1.19. The number of rotatable bonds is 8. The maximum atomic E-state index is 14.5. The van der Waals surface area contributed by atoms with E-state index in [1.165, 1.54) is 23.7 Å². The summed E-state index contributed by atoms with van der Waals surface area (Å²) in [4.78, 5) is 19.5. The van der Waals surface area contributed by atoms with Crippen LogP contribution < -0.4 is 10.5 Å². The zero-order valence-corrected chi connectivity index (χ0v) is 22.3. The second kappa shape index (κ2) is 11.4. The van der Waals surface area contributed by atoms with Crippen LogP contribution in [0, 0.1) is 6.92 Å². The quantitative estimate of drug-likeness (QED) is 0.264. The lowest BCUT2D eigenvalue weighted by molar-refractivity contribution is -0.198. The number of ether oxygens (including phenoxy) is 2. The highest BCUT2D eigenvalue weighted by Gasteiger charge is 2.45. The standard InChI is InChI=1S/C29H26F3N3O4S/c1-16-4-9-20(21(11-16)19-3-2-10-38-13-19)26(29(30,31)32)39-27-25-24(34-15-35-27)22(14-40-25)18-7-5-17(6-8-18)12-23(33)28(36)37/h3-9,11,14-15,23,26H,2,10,12-13,33H2,1H3,(H,36,37)/t23?,26-/m1/s1. The van der Waals surface area contributed by atoms with Gasteiger partial charge in [0.1, 0.15) is 17.1 Å². The Morgan fingerprint density at radius 3 is 2.62 bits per heavy atom.